The number of nitrogens with one attached hydrogen (secondary N) is 1. The maximum absolute atomic E-state index is 12.1. The van der Waals surface area contributed by atoms with Crippen LogP contribution < -0.4 is 0 Å². The van der Waals surface area contributed by atoms with E-state index in [1.165, 1.54) is 0 Å². The first-order chi connectivity index (χ1) is 10.7. The van der Waals surface area contributed by atoms with Crippen LogP contribution in [0.25, 0.3) is 11.4 Å². The third-order valence-electron chi connectivity index (χ3n) is 3.82. The molecule has 0 saturated heterocycles. The molecule has 1 aliphatic rings. The van der Waals surface area contributed by atoms with Gasteiger partial charge in [0.05, 0.1) is 17.9 Å². The summed E-state index contributed by atoms with van der Waals surface area (Å²) in [5.74, 6) is 1.95. The van der Waals surface area contributed by atoms with E-state index in [0.717, 1.165) is 41.5 Å². The van der Waals surface area contributed by atoms with Crippen LogP contribution in [0.15, 0.2) is 24.3 Å². The summed E-state index contributed by atoms with van der Waals surface area (Å²) >= 11 is 7.62. The second-order valence-electron chi connectivity index (χ2n) is 5.33. The van der Waals surface area contributed by atoms with Crippen LogP contribution in [0.1, 0.15) is 17.8 Å². The lowest BCUT2D eigenvalue weighted by Crippen LogP contribution is -2.36. The number of thioether (sulfide) groups is 1. The van der Waals surface area contributed by atoms with Crippen molar-refractivity contribution in [1.29, 1.82) is 0 Å². The van der Waals surface area contributed by atoms with Gasteiger partial charge in [0.25, 0.3) is 0 Å². The molecule has 3 rings (SSSR count). The number of H-pyrrole nitrogens is 1. The van der Waals surface area contributed by atoms with Gasteiger partial charge in [0.1, 0.15) is 5.82 Å². The van der Waals surface area contributed by atoms with Crippen molar-refractivity contribution in [3.05, 3.63) is 40.7 Å². The molecule has 0 saturated carbocycles. The molecule has 22 heavy (non-hydrogen) atoms. The lowest BCUT2D eigenvalue weighted by Gasteiger charge is -2.26. The first-order valence-electron chi connectivity index (χ1n) is 7.28. The molecule has 116 valence electrons. The third-order valence-corrected chi connectivity index (χ3v) is 4.69. The zero-order valence-corrected chi connectivity index (χ0v) is 14.0. The molecule has 1 aromatic heterocycles. The zero-order valence-electron chi connectivity index (χ0n) is 12.4. The molecule has 1 N–H and O–H groups in total. The number of hydrogen-bond acceptors (Lipinski definition) is 3. The number of imidazole rings is 1. The Kier molecular flexibility index (Phi) is 4.74. The van der Waals surface area contributed by atoms with Gasteiger partial charge in [-0.25, -0.2) is 4.98 Å². The number of carbonyl (C=O) groups excluding carboxylic acids is 1. The number of hydrogen-bond donors (Lipinski definition) is 1. The topological polar surface area (TPSA) is 49.0 Å². The monoisotopic (exact) mass is 335 g/mol. The van der Waals surface area contributed by atoms with Gasteiger partial charge in [-0.2, -0.15) is 11.8 Å². The van der Waals surface area contributed by atoms with Gasteiger partial charge in [-0.3, -0.25) is 4.79 Å². The summed E-state index contributed by atoms with van der Waals surface area (Å²) in [4.78, 5) is 22.1. The number of nitrogens with zero attached hydrogens (tertiary/aromatic N) is 2. The molecule has 0 radical (unpaired) electrons. The molecular formula is C16H18ClN3OS. The number of benzene rings is 1. The average molecular weight is 336 g/mol. The molecule has 1 aromatic carbocycles. The fourth-order valence-electron chi connectivity index (χ4n) is 2.60. The number of amides is 1. The molecule has 0 atom stereocenters. The number of aromatic amines is 1. The largest absolute Gasteiger partial charge is 0.340 e. The van der Waals surface area contributed by atoms with Crippen molar-refractivity contribution in [2.24, 2.45) is 0 Å². The average Bonchev–Trinajstić information content (AvgIpc) is 2.96. The van der Waals surface area contributed by atoms with Gasteiger partial charge in [0, 0.05) is 35.7 Å². The molecule has 1 amide bonds. The quantitative estimate of drug-likeness (QED) is 0.932. The van der Waals surface area contributed by atoms with E-state index in [2.05, 4.69) is 9.97 Å². The van der Waals surface area contributed by atoms with Crippen molar-refractivity contribution in [3.8, 4) is 11.4 Å². The second-order valence-corrected chi connectivity index (χ2v) is 6.75. The SMILES string of the molecule is CSCCC(=O)N1CCc2nc(-c3ccc(Cl)cc3)[nH]c2C1. The normalized spacial score (nSPS) is 14.0. The zero-order chi connectivity index (χ0) is 15.5. The minimum Gasteiger partial charge on any atom is -0.340 e. The Morgan fingerprint density at radius 2 is 2.18 bits per heavy atom. The number of rotatable bonds is 4. The first kappa shape index (κ1) is 15.4. The molecular weight excluding hydrogens is 318 g/mol. The highest BCUT2D eigenvalue weighted by atomic mass is 35.5. The number of halogens is 1. The minimum atomic E-state index is 0.225. The number of aromatic nitrogens is 2. The molecule has 2 aromatic rings. The summed E-state index contributed by atoms with van der Waals surface area (Å²) in [6, 6.07) is 7.62. The van der Waals surface area contributed by atoms with E-state index in [0.29, 0.717) is 18.0 Å². The van der Waals surface area contributed by atoms with E-state index in [4.69, 9.17) is 11.6 Å². The van der Waals surface area contributed by atoms with Crippen molar-refractivity contribution < 1.29 is 4.79 Å². The number of fused-ring (bicyclic) bond motifs is 1. The standard InChI is InChI=1S/C16H18ClN3OS/c1-22-9-7-15(21)20-8-6-13-14(10-20)19-16(18-13)11-2-4-12(17)5-3-11/h2-5H,6-10H2,1H3,(H,18,19). The van der Waals surface area contributed by atoms with Crippen LogP contribution in [-0.2, 0) is 17.8 Å². The fraction of sp³-hybridized carbons (Fsp3) is 0.375. The Balaban J connectivity index is 1.75. The predicted molar refractivity (Wildman–Crippen MR) is 91.2 cm³/mol. The van der Waals surface area contributed by atoms with Gasteiger partial charge >= 0.3 is 0 Å². The van der Waals surface area contributed by atoms with Crippen LogP contribution in [0.4, 0.5) is 0 Å². The fourth-order valence-corrected chi connectivity index (χ4v) is 3.10. The van der Waals surface area contributed by atoms with Crippen LogP contribution in [0.5, 0.6) is 0 Å². The summed E-state index contributed by atoms with van der Waals surface area (Å²) in [5.41, 5.74) is 3.13. The van der Waals surface area contributed by atoms with E-state index in [9.17, 15) is 4.79 Å². The first-order valence-corrected chi connectivity index (χ1v) is 9.05. The summed E-state index contributed by atoms with van der Waals surface area (Å²) in [6.07, 6.45) is 3.44. The van der Waals surface area contributed by atoms with Crippen molar-refractivity contribution in [2.45, 2.75) is 19.4 Å². The van der Waals surface area contributed by atoms with E-state index in [1.807, 2.05) is 35.4 Å². The van der Waals surface area contributed by atoms with E-state index >= 15 is 0 Å². The molecule has 2 heterocycles. The maximum atomic E-state index is 12.1. The van der Waals surface area contributed by atoms with Gasteiger partial charge in [-0.15, -0.1) is 0 Å². The van der Waals surface area contributed by atoms with E-state index < -0.39 is 0 Å². The minimum absolute atomic E-state index is 0.225. The van der Waals surface area contributed by atoms with Crippen LogP contribution in [-0.4, -0.2) is 39.3 Å². The highest BCUT2D eigenvalue weighted by Gasteiger charge is 2.23. The van der Waals surface area contributed by atoms with Crippen LogP contribution in [0, 0.1) is 0 Å². The lowest BCUT2D eigenvalue weighted by molar-refractivity contribution is -0.131. The van der Waals surface area contributed by atoms with Crippen molar-refractivity contribution in [1.82, 2.24) is 14.9 Å². The van der Waals surface area contributed by atoms with Crippen LogP contribution in [0.2, 0.25) is 5.02 Å². The summed E-state index contributed by atoms with van der Waals surface area (Å²) < 4.78 is 0. The molecule has 0 fully saturated rings. The molecule has 6 heteroatoms. The molecule has 1 aliphatic heterocycles. The van der Waals surface area contributed by atoms with Gasteiger partial charge in [0.2, 0.25) is 5.91 Å². The summed E-state index contributed by atoms with van der Waals surface area (Å²) in [7, 11) is 0. The summed E-state index contributed by atoms with van der Waals surface area (Å²) in [5, 5.41) is 0.714. The predicted octanol–water partition coefficient (Wildman–Crippen LogP) is 3.37. The molecule has 0 bridgehead atoms. The van der Waals surface area contributed by atoms with E-state index in [-0.39, 0.29) is 5.91 Å². The molecule has 4 nitrogen and oxygen atoms in total. The van der Waals surface area contributed by atoms with Crippen LogP contribution in [0.3, 0.4) is 0 Å². The molecule has 0 aliphatic carbocycles. The van der Waals surface area contributed by atoms with Gasteiger partial charge in [-0.1, -0.05) is 11.6 Å². The van der Waals surface area contributed by atoms with Crippen LogP contribution >= 0.6 is 23.4 Å². The Labute approximate surface area is 139 Å². The highest BCUT2D eigenvalue weighted by molar-refractivity contribution is 7.98. The molecule has 0 unspecified atom stereocenters. The van der Waals surface area contributed by atoms with E-state index in [1.54, 1.807) is 11.8 Å². The van der Waals surface area contributed by atoms with Gasteiger partial charge in [-0.05, 0) is 30.5 Å². The maximum Gasteiger partial charge on any atom is 0.223 e. The Morgan fingerprint density at radius 1 is 1.41 bits per heavy atom. The third kappa shape index (κ3) is 3.31. The van der Waals surface area contributed by atoms with Crippen molar-refractivity contribution in [3.63, 3.8) is 0 Å². The smallest absolute Gasteiger partial charge is 0.223 e. The Morgan fingerprint density at radius 3 is 2.91 bits per heavy atom. The Hall–Kier alpha value is -1.46. The highest BCUT2D eigenvalue weighted by Crippen LogP contribution is 2.24. The van der Waals surface area contributed by atoms with Gasteiger partial charge < -0.3 is 9.88 Å². The van der Waals surface area contributed by atoms with Gasteiger partial charge in [0.15, 0.2) is 0 Å². The van der Waals surface area contributed by atoms with Crippen molar-refractivity contribution >= 4 is 29.3 Å². The lowest BCUT2D eigenvalue weighted by atomic mass is 10.1. The second kappa shape index (κ2) is 6.75. The molecule has 0 spiro atoms. The number of carbonyl (C=O) groups is 1. The van der Waals surface area contributed by atoms with Crippen molar-refractivity contribution in [2.75, 3.05) is 18.6 Å². The summed E-state index contributed by atoms with van der Waals surface area (Å²) in [6.45, 7) is 1.38. The Bertz CT molecular complexity index is 669.